The fourth-order valence-corrected chi connectivity index (χ4v) is 1.75. The summed E-state index contributed by atoms with van der Waals surface area (Å²) in [5.74, 6) is -1.05. The van der Waals surface area contributed by atoms with Gasteiger partial charge in [0.2, 0.25) is 0 Å². The largest absolute Gasteiger partial charge is 0.478 e. The van der Waals surface area contributed by atoms with Crippen LogP contribution in [-0.4, -0.2) is 11.1 Å². The highest BCUT2D eigenvalue weighted by Gasteiger charge is 2.10. The summed E-state index contributed by atoms with van der Waals surface area (Å²) in [5, 5.41) is 19.5. The highest BCUT2D eigenvalue weighted by atomic mass is 35.5. The molecule has 0 unspecified atom stereocenters. The molecule has 0 radical (unpaired) electrons. The van der Waals surface area contributed by atoms with E-state index in [1.54, 1.807) is 6.92 Å². The fourth-order valence-electron chi connectivity index (χ4n) is 0.932. The van der Waals surface area contributed by atoms with E-state index in [4.69, 9.17) is 22.0 Å². The van der Waals surface area contributed by atoms with Crippen molar-refractivity contribution in [3.63, 3.8) is 0 Å². The van der Waals surface area contributed by atoms with Crippen molar-refractivity contribution in [2.75, 3.05) is 0 Å². The van der Waals surface area contributed by atoms with Gasteiger partial charge in [-0.3, -0.25) is 0 Å². The Bertz CT molecular complexity index is 426. The van der Waals surface area contributed by atoms with Crippen molar-refractivity contribution >= 4 is 29.3 Å². The van der Waals surface area contributed by atoms with Gasteiger partial charge in [0.25, 0.3) is 0 Å². The Labute approximate surface area is 90.3 Å². The molecule has 0 saturated heterocycles. The number of nitrogens with zero attached hydrogens (tertiary/aromatic N) is 1. The first-order valence-corrected chi connectivity index (χ1v) is 4.85. The summed E-state index contributed by atoms with van der Waals surface area (Å²) in [7, 11) is 0. The smallest absolute Gasteiger partial charge is 0.335 e. The van der Waals surface area contributed by atoms with E-state index in [0.29, 0.717) is 9.92 Å². The van der Waals surface area contributed by atoms with Crippen molar-refractivity contribution in [1.82, 2.24) is 0 Å². The lowest BCUT2D eigenvalue weighted by Gasteiger charge is -2.04. The van der Waals surface area contributed by atoms with Crippen molar-refractivity contribution in [1.29, 1.82) is 5.26 Å². The normalized spacial score (nSPS) is 9.50. The first kappa shape index (κ1) is 10.9. The molecule has 0 fully saturated rings. The van der Waals surface area contributed by atoms with Gasteiger partial charge in [-0.05, 0) is 36.4 Å². The second kappa shape index (κ2) is 4.36. The maximum atomic E-state index is 10.7. The molecule has 72 valence electrons. The number of halogens is 1. The minimum Gasteiger partial charge on any atom is -0.478 e. The summed E-state index contributed by atoms with van der Waals surface area (Å²) in [6.07, 6.45) is 0. The summed E-state index contributed by atoms with van der Waals surface area (Å²) < 4.78 is 0. The zero-order valence-electron chi connectivity index (χ0n) is 7.24. The summed E-state index contributed by atoms with van der Waals surface area (Å²) in [6, 6.07) is 2.82. The SMILES string of the molecule is Cc1c(Cl)cc(C(=O)O)cc1SC#N. The van der Waals surface area contributed by atoms with Crippen molar-refractivity contribution in [3.05, 3.63) is 28.3 Å². The van der Waals surface area contributed by atoms with E-state index < -0.39 is 5.97 Å². The number of rotatable bonds is 2. The van der Waals surface area contributed by atoms with Crippen LogP contribution in [-0.2, 0) is 0 Å². The van der Waals surface area contributed by atoms with Gasteiger partial charge in [0.05, 0.1) is 5.56 Å². The maximum Gasteiger partial charge on any atom is 0.335 e. The predicted octanol–water partition coefficient (Wildman–Crippen LogP) is 2.92. The highest BCUT2D eigenvalue weighted by molar-refractivity contribution is 8.03. The number of hydrogen-bond acceptors (Lipinski definition) is 3. The Morgan fingerprint density at radius 1 is 1.64 bits per heavy atom. The van der Waals surface area contributed by atoms with E-state index in [9.17, 15) is 4.79 Å². The minimum absolute atomic E-state index is 0.0957. The van der Waals surface area contributed by atoms with E-state index in [1.807, 2.05) is 5.40 Å². The van der Waals surface area contributed by atoms with Crippen molar-refractivity contribution in [2.45, 2.75) is 11.8 Å². The Morgan fingerprint density at radius 2 is 2.29 bits per heavy atom. The Morgan fingerprint density at radius 3 is 2.79 bits per heavy atom. The molecule has 0 amide bonds. The topological polar surface area (TPSA) is 61.1 Å². The average molecular weight is 228 g/mol. The number of carbonyl (C=O) groups is 1. The molecular weight excluding hydrogens is 222 g/mol. The van der Waals surface area contributed by atoms with Gasteiger partial charge in [0.15, 0.2) is 0 Å². The molecule has 14 heavy (non-hydrogen) atoms. The number of thiocyanates is 1. The number of carboxylic acid groups (broad SMARTS) is 1. The molecule has 0 aromatic heterocycles. The van der Waals surface area contributed by atoms with Crippen LogP contribution in [0.1, 0.15) is 15.9 Å². The van der Waals surface area contributed by atoms with E-state index in [0.717, 1.165) is 17.3 Å². The van der Waals surface area contributed by atoms with Crippen LogP contribution in [0.3, 0.4) is 0 Å². The van der Waals surface area contributed by atoms with Gasteiger partial charge >= 0.3 is 5.97 Å². The van der Waals surface area contributed by atoms with Gasteiger partial charge in [0, 0.05) is 9.92 Å². The predicted molar refractivity (Wildman–Crippen MR) is 54.6 cm³/mol. The molecule has 0 aliphatic heterocycles. The van der Waals surface area contributed by atoms with Gasteiger partial charge in [0.1, 0.15) is 5.40 Å². The third-order valence-corrected chi connectivity index (χ3v) is 2.83. The monoisotopic (exact) mass is 227 g/mol. The van der Waals surface area contributed by atoms with Crippen LogP contribution in [0.25, 0.3) is 0 Å². The van der Waals surface area contributed by atoms with E-state index in [-0.39, 0.29) is 5.56 Å². The van der Waals surface area contributed by atoms with Gasteiger partial charge in [-0.15, -0.1) is 0 Å². The van der Waals surface area contributed by atoms with Gasteiger partial charge < -0.3 is 5.11 Å². The number of nitriles is 1. The van der Waals surface area contributed by atoms with Crippen molar-refractivity contribution in [3.8, 4) is 5.40 Å². The molecule has 0 aliphatic rings. The number of benzene rings is 1. The number of aromatic carboxylic acids is 1. The van der Waals surface area contributed by atoms with Crippen LogP contribution in [0.4, 0.5) is 0 Å². The standard InChI is InChI=1S/C9H6ClNO2S/c1-5-7(10)2-6(9(12)13)3-8(5)14-4-11/h2-3H,1H3,(H,12,13). The zero-order chi connectivity index (χ0) is 10.7. The van der Waals surface area contributed by atoms with Crippen LogP contribution in [0.5, 0.6) is 0 Å². The third-order valence-electron chi connectivity index (χ3n) is 1.70. The second-order valence-corrected chi connectivity index (χ2v) is 3.81. The molecule has 1 aromatic carbocycles. The van der Waals surface area contributed by atoms with Crippen molar-refractivity contribution < 1.29 is 9.90 Å². The molecule has 3 nitrogen and oxygen atoms in total. The lowest BCUT2D eigenvalue weighted by molar-refractivity contribution is 0.0696. The van der Waals surface area contributed by atoms with Crippen LogP contribution in [0.2, 0.25) is 5.02 Å². The molecule has 0 aliphatic carbocycles. The molecule has 1 N–H and O–H groups in total. The molecule has 0 atom stereocenters. The Balaban J connectivity index is 3.29. The average Bonchev–Trinajstić information content (AvgIpc) is 2.12. The van der Waals surface area contributed by atoms with Gasteiger partial charge in [-0.2, -0.15) is 5.26 Å². The van der Waals surface area contributed by atoms with E-state index in [1.165, 1.54) is 12.1 Å². The quantitative estimate of drug-likeness (QED) is 0.623. The van der Waals surface area contributed by atoms with Gasteiger partial charge in [-0.1, -0.05) is 11.6 Å². The molecule has 1 rings (SSSR count). The molecule has 0 heterocycles. The summed E-state index contributed by atoms with van der Waals surface area (Å²) >= 11 is 6.72. The molecule has 0 spiro atoms. The number of carboxylic acids is 1. The van der Waals surface area contributed by atoms with Crippen molar-refractivity contribution in [2.24, 2.45) is 0 Å². The second-order valence-electron chi connectivity index (χ2n) is 2.58. The van der Waals surface area contributed by atoms with Crippen LogP contribution < -0.4 is 0 Å². The lowest BCUT2D eigenvalue weighted by atomic mass is 10.1. The lowest BCUT2D eigenvalue weighted by Crippen LogP contribution is -1.97. The Kier molecular flexibility index (Phi) is 3.39. The van der Waals surface area contributed by atoms with Crippen LogP contribution >= 0.6 is 23.4 Å². The van der Waals surface area contributed by atoms with Crippen LogP contribution in [0, 0.1) is 17.6 Å². The minimum atomic E-state index is -1.05. The summed E-state index contributed by atoms with van der Waals surface area (Å²) in [5.41, 5.74) is 0.821. The number of hydrogen-bond donors (Lipinski definition) is 1. The third kappa shape index (κ3) is 2.19. The molecule has 0 bridgehead atoms. The van der Waals surface area contributed by atoms with E-state index in [2.05, 4.69) is 0 Å². The molecule has 5 heteroatoms. The summed E-state index contributed by atoms with van der Waals surface area (Å²) in [6.45, 7) is 1.74. The van der Waals surface area contributed by atoms with Crippen LogP contribution in [0.15, 0.2) is 17.0 Å². The first-order chi connectivity index (χ1) is 6.56. The number of thioether (sulfide) groups is 1. The molecule has 1 aromatic rings. The summed E-state index contributed by atoms with van der Waals surface area (Å²) in [4.78, 5) is 11.3. The first-order valence-electron chi connectivity index (χ1n) is 3.65. The Hall–Kier alpha value is -1.18. The van der Waals surface area contributed by atoms with E-state index >= 15 is 0 Å². The molecular formula is C9H6ClNO2S. The zero-order valence-corrected chi connectivity index (χ0v) is 8.82. The maximum absolute atomic E-state index is 10.7. The highest BCUT2D eigenvalue weighted by Crippen LogP contribution is 2.28. The fraction of sp³-hybridized carbons (Fsp3) is 0.111. The van der Waals surface area contributed by atoms with Gasteiger partial charge in [-0.25, -0.2) is 4.79 Å². The molecule has 0 saturated carbocycles.